The van der Waals surface area contributed by atoms with Crippen molar-refractivity contribution in [3.8, 4) is 5.75 Å². The first-order valence-corrected chi connectivity index (χ1v) is 6.58. The molecule has 0 unspecified atom stereocenters. The number of rotatable bonds is 5. The largest absolute Gasteiger partial charge is 0.496 e. The van der Waals surface area contributed by atoms with E-state index in [1.807, 2.05) is 17.4 Å². The molecule has 0 atom stereocenters. The third-order valence-electron chi connectivity index (χ3n) is 2.68. The summed E-state index contributed by atoms with van der Waals surface area (Å²) < 4.78 is 5.24. The fourth-order valence-electron chi connectivity index (χ4n) is 1.77. The van der Waals surface area contributed by atoms with E-state index in [1.165, 1.54) is 4.88 Å². The summed E-state index contributed by atoms with van der Waals surface area (Å²) in [5.74, 6) is 0.939. The molecule has 0 aliphatic rings. The maximum absolute atomic E-state index is 5.24. The topological polar surface area (TPSA) is 21.3 Å². The fraction of sp³-hybridized carbons (Fsp3) is 0.286. The first kappa shape index (κ1) is 12.0. The molecule has 0 spiro atoms. The van der Waals surface area contributed by atoms with Gasteiger partial charge in [0.15, 0.2) is 0 Å². The van der Waals surface area contributed by atoms with E-state index in [-0.39, 0.29) is 0 Å². The van der Waals surface area contributed by atoms with Gasteiger partial charge in [-0.05, 0) is 48.6 Å². The Kier molecular flexibility index (Phi) is 4.04. The van der Waals surface area contributed by atoms with Crippen molar-refractivity contribution in [3.63, 3.8) is 0 Å². The third kappa shape index (κ3) is 3.24. The smallest absolute Gasteiger partial charge is 0.121 e. The van der Waals surface area contributed by atoms with Gasteiger partial charge in [0.05, 0.1) is 7.11 Å². The van der Waals surface area contributed by atoms with E-state index in [2.05, 4.69) is 41.9 Å². The standard InChI is InChI=1S/C14H17NOS/c1-11-10-12(5-6-14(11)16-2)15-8-7-13-4-3-9-17-13/h3-6,9-10,15H,7-8H2,1-2H3. The summed E-state index contributed by atoms with van der Waals surface area (Å²) in [5.41, 5.74) is 2.31. The van der Waals surface area contributed by atoms with Crippen LogP contribution in [-0.4, -0.2) is 13.7 Å². The Morgan fingerprint density at radius 2 is 2.18 bits per heavy atom. The molecular weight excluding hydrogens is 230 g/mol. The van der Waals surface area contributed by atoms with E-state index < -0.39 is 0 Å². The van der Waals surface area contributed by atoms with E-state index in [4.69, 9.17) is 4.74 Å². The Balaban J connectivity index is 1.89. The molecule has 3 heteroatoms. The molecular formula is C14H17NOS. The number of thiophene rings is 1. The van der Waals surface area contributed by atoms with Crippen LogP contribution in [0.2, 0.25) is 0 Å². The van der Waals surface area contributed by atoms with Gasteiger partial charge in [-0.15, -0.1) is 11.3 Å². The van der Waals surface area contributed by atoms with Crippen LogP contribution < -0.4 is 10.1 Å². The third-order valence-corrected chi connectivity index (χ3v) is 3.61. The van der Waals surface area contributed by atoms with Gasteiger partial charge in [-0.2, -0.15) is 0 Å². The molecule has 2 rings (SSSR count). The molecule has 1 aromatic heterocycles. The van der Waals surface area contributed by atoms with Gasteiger partial charge in [0.2, 0.25) is 0 Å². The summed E-state index contributed by atoms with van der Waals surface area (Å²) in [5, 5.41) is 5.54. The van der Waals surface area contributed by atoms with Crippen molar-refractivity contribution in [1.29, 1.82) is 0 Å². The SMILES string of the molecule is COc1ccc(NCCc2cccs2)cc1C. The molecule has 1 heterocycles. The minimum absolute atomic E-state index is 0.939. The summed E-state index contributed by atoms with van der Waals surface area (Å²) in [7, 11) is 1.70. The number of hydrogen-bond donors (Lipinski definition) is 1. The molecule has 0 bridgehead atoms. The number of anilines is 1. The molecule has 0 amide bonds. The lowest BCUT2D eigenvalue weighted by Gasteiger charge is -2.09. The second kappa shape index (κ2) is 5.73. The predicted molar refractivity (Wildman–Crippen MR) is 74.2 cm³/mol. The second-order valence-corrected chi connectivity index (χ2v) is 4.97. The Morgan fingerprint density at radius 3 is 2.82 bits per heavy atom. The highest BCUT2D eigenvalue weighted by molar-refractivity contribution is 7.09. The molecule has 2 nitrogen and oxygen atoms in total. The van der Waals surface area contributed by atoms with Crippen molar-refractivity contribution in [3.05, 3.63) is 46.2 Å². The molecule has 90 valence electrons. The zero-order chi connectivity index (χ0) is 12.1. The van der Waals surface area contributed by atoms with Crippen LogP contribution >= 0.6 is 11.3 Å². The first-order valence-electron chi connectivity index (χ1n) is 5.70. The number of ether oxygens (including phenoxy) is 1. The highest BCUT2D eigenvalue weighted by Crippen LogP contribution is 2.21. The van der Waals surface area contributed by atoms with Crippen LogP contribution in [0.1, 0.15) is 10.4 Å². The molecule has 0 saturated heterocycles. The molecule has 0 fully saturated rings. The zero-order valence-corrected chi connectivity index (χ0v) is 11.0. The molecule has 1 aromatic carbocycles. The molecule has 0 radical (unpaired) electrons. The number of methoxy groups -OCH3 is 1. The highest BCUT2D eigenvalue weighted by atomic mass is 32.1. The Morgan fingerprint density at radius 1 is 1.29 bits per heavy atom. The summed E-state index contributed by atoms with van der Waals surface area (Å²) in [4.78, 5) is 1.42. The molecule has 2 aromatic rings. The lowest BCUT2D eigenvalue weighted by atomic mass is 10.2. The van der Waals surface area contributed by atoms with Crippen LogP contribution in [0.3, 0.4) is 0 Å². The van der Waals surface area contributed by atoms with E-state index in [1.54, 1.807) is 7.11 Å². The van der Waals surface area contributed by atoms with Gasteiger partial charge in [-0.1, -0.05) is 6.07 Å². The average molecular weight is 247 g/mol. The summed E-state index contributed by atoms with van der Waals surface area (Å²) in [6.45, 7) is 3.02. The van der Waals surface area contributed by atoms with Crippen LogP contribution in [0.4, 0.5) is 5.69 Å². The summed E-state index contributed by atoms with van der Waals surface area (Å²) in [6, 6.07) is 10.4. The molecule has 17 heavy (non-hydrogen) atoms. The van der Waals surface area contributed by atoms with Crippen LogP contribution in [0, 0.1) is 6.92 Å². The van der Waals surface area contributed by atoms with Crippen molar-refractivity contribution in [2.75, 3.05) is 19.0 Å². The molecule has 0 saturated carbocycles. The van der Waals surface area contributed by atoms with Gasteiger partial charge in [0.25, 0.3) is 0 Å². The van der Waals surface area contributed by atoms with Crippen LogP contribution in [-0.2, 0) is 6.42 Å². The number of benzene rings is 1. The quantitative estimate of drug-likeness (QED) is 0.869. The van der Waals surface area contributed by atoms with E-state index >= 15 is 0 Å². The Bertz CT molecular complexity index is 465. The zero-order valence-electron chi connectivity index (χ0n) is 10.2. The van der Waals surface area contributed by atoms with Gasteiger partial charge >= 0.3 is 0 Å². The van der Waals surface area contributed by atoms with Crippen molar-refractivity contribution in [2.24, 2.45) is 0 Å². The Labute approximate surface area is 106 Å². The Hall–Kier alpha value is -1.48. The van der Waals surface area contributed by atoms with Crippen LogP contribution in [0.25, 0.3) is 0 Å². The average Bonchev–Trinajstić information content (AvgIpc) is 2.82. The summed E-state index contributed by atoms with van der Waals surface area (Å²) in [6.07, 6.45) is 1.07. The lowest BCUT2D eigenvalue weighted by molar-refractivity contribution is 0.412. The molecule has 1 N–H and O–H groups in total. The minimum atomic E-state index is 0.939. The van der Waals surface area contributed by atoms with E-state index in [9.17, 15) is 0 Å². The lowest BCUT2D eigenvalue weighted by Crippen LogP contribution is -2.04. The van der Waals surface area contributed by atoms with Gasteiger partial charge in [-0.3, -0.25) is 0 Å². The highest BCUT2D eigenvalue weighted by Gasteiger charge is 1.99. The van der Waals surface area contributed by atoms with Crippen molar-refractivity contribution in [2.45, 2.75) is 13.3 Å². The molecule has 0 aliphatic heterocycles. The number of nitrogens with one attached hydrogen (secondary N) is 1. The molecule has 0 aliphatic carbocycles. The van der Waals surface area contributed by atoms with Crippen LogP contribution in [0.5, 0.6) is 5.75 Å². The van der Waals surface area contributed by atoms with Gasteiger partial charge in [0, 0.05) is 17.1 Å². The maximum Gasteiger partial charge on any atom is 0.121 e. The van der Waals surface area contributed by atoms with Gasteiger partial charge in [-0.25, -0.2) is 0 Å². The second-order valence-electron chi connectivity index (χ2n) is 3.94. The normalized spacial score (nSPS) is 10.2. The van der Waals surface area contributed by atoms with Gasteiger partial charge < -0.3 is 10.1 Å². The first-order chi connectivity index (χ1) is 8.29. The number of hydrogen-bond acceptors (Lipinski definition) is 3. The van der Waals surface area contributed by atoms with E-state index in [0.29, 0.717) is 0 Å². The van der Waals surface area contributed by atoms with Crippen molar-refractivity contribution >= 4 is 17.0 Å². The van der Waals surface area contributed by atoms with E-state index in [0.717, 1.165) is 30.0 Å². The fourth-order valence-corrected chi connectivity index (χ4v) is 2.48. The number of aryl methyl sites for hydroxylation is 1. The predicted octanol–water partition coefficient (Wildman–Crippen LogP) is 3.72. The van der Waals surface area contributed by atoms with Crippen molar-refractivity contribution in [1.82, 2.24) is 0 Å². The van der Waals surface area contributed by atoms with Crippen molar-refractivity contribution < 1.29 is 4.74 Å². The van der Waals surface area contributed by atoms with Crippen LogP contribution in [0.15, 0.2) is 35.7 Å². The monoisotopic (exact) mass is 247 g/mol. The van der Waals surface area contributed by atoms with Gasteiger partial charge in [0.1, 0.15) is 5.75 Å². The minimum Gasteiger partial charge on any atom is -0.496 e. The summed E-state index contributed by atoms with van der Waals surface area (Å²) >= 11 is 1.81. The maximum atomic E-state index is 5.24.